The first-order chi connectivity index (χ1) is 9.51. The number of hydrogen-bond acceptors (Lipinski definition) is 6. The highest BCUT2D eigenvalue weighted by Gasteiger charge is 2.46. The van der Waals surface area contributed by atoms with E-state index in [9.17, 15) is 8.42 Å². The van der Waals surface area contributed by atoms with Gasteiger partial charge in [-0.1, -0.05) is 5.16 Å². The second-order valence-electron chi connectivity index (χ2n) is 5.47. The molecule has 20 heavy (non-hydrogen) atoms. The van der Waals surface area contributed by atoms with Crippen molar-refractivity contribution < 1.29 is 17.7 Å². The summed E-state index contributed by atoms with van der Waals surface area (Å²) in [6.07, 6.45) is 0. The molecule has 8 heteroatoms. The van der Waals surface area contributed by atoms with Crippen LogP contribution < -0.4 is 0 Å². The SMILES string of the molecule is CCS(=O)(=O)N1C[C@H]2COC[C@@H](c3nc(C)no3)[C@H]2C1. The molecule has 0 spiro atoms. The molecule has 0 saturated carbocycles. The average molecular weight is 301 g/mol. The molecule has 0 radical (unpaired) electrons. The van der Waals surface area contributed by atoms with Gasteiger partial charge in [-0.15, -0.1) is 0 Å². The summed E-state index contributed by atoms with van der Waals surface area (Å²) >= 11 is 0. The van der Waals surface area contributed by atoms with E-state index in [-0.39, 0.29) is 23.5 Å². The first-order valence-corrected chi connectivity index (χ1v) is 8.48. The second-order valence-corrected chi connectivity index (χ2v) is 7.72. The third-order valence-electron chi connectivity index (χ3n) is 4.22. The minimum atomic E-state index is -3.15. The van der Waals surface area contributed by atoms with Crippen LogP contribution in [0.1, 0.15) is 24.6 Å². The molecule has 2 fully saturated rings. The lowest BCUT2D eigenvalue weighted by atomic mass is 9.83. The average Bonchev–Trinajstić information content (AvgIpc) is 3.04. The van der Waals surface area contributed by atoms with Crippen LogP contribution in [0.25, 0.3) is 0 Å². The number of hydrogen-bond donors (Lipinski definition) is 0. The Hall–Kier alpha value is -0.990. The maximum Gasteiger partial charge on any atom is 0.232 e. The van der Waals surface area contributed by atoms with Crippen molar-refractivity contribution in [3.8, 4) is 0 Å². The molecule has 1 aromatic rings. The van der Waals surface area contributed by atoms with Gasteiger partial charge >= 0.3 is 0 Å². The van der Waals surface area contributed by atoms with Gasteiger partial charge in [-0.3, -0.25) is 0 Å². The van der Waals surface area contributed by atoms with Gasteiger partial charge in [0.25, 0.3) is 0 Å². The Morgan fingerprint density at radius 2 is 2.15 bits per heavy atom. The number of sulfonamides is 1. The summed E-state index contributed by atoms with van der Waals surface area (Å²) in [5.41, 5.74) is 0. The van der Waals surface area contributed by atoms with Gasteiger partial charge in [-0.25, -0.2) is 12.7 Å². The lowest BCUT2D eigenvalue weighted by molar-refractivity contribution is 0.00994. The van der Waals surface area contributed by atoms with Crippen LogP contribution in [0.5, 0.6) is 0 Å². The molecule has 3 atom stereocenters. The Balaban J connectivity index is 1.83. The van der Waals surface area contributed by atoms with Crippen molar-refractivity contribution in [3.05, 3.63) is 11.7 Å². The summed E-state index contributed by atoms with van der Waals surface area (Å²) in [4.78, 5) is 4.28. The number of aryl methyl sites for hydroxylation is 1. The molecule has 7 nitrogen and oxygen atoms in total. The van der Waals surface area contributed by atoms with Crippen molar-refractivity contribution >= 4 is 10.0 Å². The summed E-state index contributed by atoms with van der Waals surface area (Å²) in [6.45, 7) is 5.62. The summed E-state index contributed by atoms with van der Waals surface area (Å²) in [7, 11) is -3.15. The smallest absolute Gasteiger partial charge is 0.232 e. The maximum absolute atomic E-state index is 12.0. The van der Waals surface area contributed by atoms with E-state index >= 15 is 0 Å². The fraction of sp³-hybridized carbons (Fsp3) is 0.833. The molecule has 0 aromatic carbocycles. The summed E-state index contributed by atoms with van der Waals surface area (Å²) in [5.74, 6) is 1.70. The molecule has 2 aliphatic heterocycles. The van der Waals surface area contributed by atoms with E-state index in [1.807, 2.05) is 0 Å². The minimum Gasteiger partial charge on any atom is -0.380 e. The molecule has 3 heterocycles. The van der Waals surface area contributed by atoms with Gasteiger partial charge in [-0.05, 0) is 19.8 Å². The molecule has 0 aliphatic carbocycles. The lowest BCUT2D eigenvalue weighted by Crippen LogP contribution is -2.33. The Kier molecular flexibility index (Phi) is 3.55. The molecule has 3 rings (SSSR count). The molecule has 2 aliphatic rings. The number of ether oxygens (including phenoxy) is 1. The predicted octanol–water partition coefficient (Wildman–Crippen LogP) is 0.390. The van der Waals surface area contributed by atoms with E-state index in [1.54, 1.807) is 18.2 Å². The van der Waals surface area contributed by atoms with Crippen molar-refractivity contribution in [1.82, 2.24) is 14.4 Å². The number of rotatable bonds is 3. The number of nitrogens with zero attached hydrogens (tertiary/aromatic N) is 3. The molecule has 1 aromatic heterocycles. The first-order valence-electron chi connectivity index (χ1n) is 6.87. The van der Waals surface area contributed by atoms with E-state index in [0.29, 0.717) is 38.0 Å². The third kappa shape index (κ3) is 2.36. The quantitative estimate of drug-likeness (QED) is 0.803. The highest BCUT2D eigenvalue weighted by molar-refractivity contribution is 7.89. The fourth-order valence-electron chi connectivity index (χ4n) is 3.09. The van der Waals surface area contributed by atoms with Crippen molar-refractivity contribution in [1.29, 1.82) is 0 Å². The normalized spacial score (nSPS) is 31.4. The second kappa shape index (κ2) is 5.09. The maximum atomic E-state index is 12.0. The van der Waals surface area contributed by atoms with Gasteiger partial charge in [-0.2, -0.15) is 4.98 Å². The monoisotopic (exact) mass is 301 g/mol. The van der Waals surface area contributed by atoms with Crippen LogP contribution in [0.2, 0.25) is 0 Å². The lowest BCUT2D eigenvalue weighted by Gasteiger charge is -2.30. The molecular formula is C12H19N3O4S. The molecular weight excluding hydrogens is 282 g/mol. The van der Waals surface area contributed by atoms with Crippen LogP contribution in [0.3, 0.4) is 0 Å². The summed E-state index contributed by atoms with van der Waals surface area (Å²) in [5, 5.41) is 3.82. The van der Waals surface area contributed by atoms with Gasteiger partial charge in [0.15, 0.2) is 5.82 Å². The van der Waals surface area contributed by atoms with Gasteiger partial charge in [0.2, 0.25) is 15.9 Å². The van der Waals surface area contributed by atoms with Crippen molar-refractivity contribution in [2.45, 2.75) is 19.8 Å². The van der Waals surface area contributed by atoms with E-state index in [4.69, 9.17) is 9.26 Å². The third-order valence-corrected chi connectivity index (χ3v) is 6.04. The Morgan fingerprint density at radius 1 is 1.35 bits per heavy atom. The van der Waals surface area contributed by atoms with Crippen LogP contribution in [-0.2, 0) is 14.8 Å². The first kappa shape index (κ1) is 14.0. The Labute approximate surface area is 118 Å². The molecule has 112 valence electrons. The topological polar surface area (TPSA) is 85.5 Å². The van der Waals surface area contributed by atoms with E-state index in [1.165, 1.54) is 0 Å². The van der Waals surface area contributed by atoms with Gasteiger partial charge in [0.05, 0.1) is 24.9 Å². The molecule has 0 N–H and O–H groups in total. The van der Waals surface area contributed by atoms with Gasteiger partial charge in [0.1, 0.15) is 0 Å². The summed E-state index contributed by atoms with van der Waals surface area (Å²) in [6, 6.07) is 0. The van der Waals surface area contributed by atoms with Crippen molar-refractivity contribution in [2.75, 3.05) is 32.1 Å². The molecule has 2 saturated heterocycles. The van der Waals surface area contributed by atoms with Crippen LogP contribution in [0, 0.1) is 18.8 Å². The predicted molar refractivity (Wildman–Crippen MR) is 70.6 cm³/mol. The zero-order valence-corrected chi connectivity index (χ0v) is 12.5. The number of aromatic nitrogens is 2. The van der Waals surface area contributed by atoms with Gasteiger partial charge < -0.3 is 9.26 Å². The van der Waals surface area contributed by atoms with E-state index in [0.717, 1.165) is 0 Å². The zero-order valence-electron chi connectivity index (χ0n) is 11.7. The van der Waals surface area contributed by atoms with E-state index in [2.05, 4.69) is 10.1 Å². The van der Waals surface area contributed by atoms with Crippen molar-refractivity contribution in [2.24, 2.45) is 11.8 Å². The van der Waals surface area contributed by atoms with Gasteiger partial charge in [0, 0.05) is 19.0 Å². The standard InChI is InChI=1S/C12H19N3O4S/c1-3-20(16,17)15-4-9-6-18-7-11(10(9)5-15)12-13-8(2)14-19-12/h9-11H,3-7H2,1-2H3/t9-,10-,11+/m0/s1. The largest absolute Gasteiger partial charge is 0.380 e. The van der Waals surface area contributed by atoms with Crippen LogP contribution in [0.4, 0.5) is 0 Å². The Morgan fingerprint density at radius 3 is 2.80 bits per heavy atom. The zero-order chi connectivity index (χ0) is 14.3. The van der Waals surface area contributed by atoms with Crippen LogP contribution in [-0.4, -0.2) is 54.9 Å². The van der Waals surface area contributed by atoms with Crippen LogP contribution in [0.15, 0.2) is 4.52 Å². The summed E-state index contributed by atoms with van der Waals surface area (Å²) < 4.78 is 36.5. The number of fused-ring (bicyclic) bond motifs is 1. The highest BCUT2D eigenvalue weighted by atomic mass is 32.2. The fourth-order valence-corrected chi connectivity index (χ4v) is 4.27. The van der Waals surface area contributed by atoms with E-state index < -0.39 is 10.0 Å². The minimum absolute atomic E-state index is 0.00740. The highest BCUT2D eigenvalue weighted by Crippen LogP contribution is 2.39. The molecule has 0 amide bonds. The molecule has 0 unspecified atom stereocenters. The Bertz CT molecular complexity index is 585. The van der Waals surface area contributed by atoms with Crippen LogP contribution >= 0.6 is 0 Å². The van der Waals surface area contributed by atoms with Crippen molar-refractivity contribution in [3.63, 3.8) is 0 Å². The molecule has 0 bridgehead atoms.